The molecule has 172 valence electrons. The van der Waals surface area contributed by atoms with Crippen LogP contribution >= 0.6 is 0 Å². The minimum atomic E-state index is -0.504. The molecule has 0 spiro atoms. The molecule has 1 fully saturated rings. The Kier molecular flexibility index (Phi) is 6.48. The van der Waals surface area contributed by atoms with Crippen molar-refractivity contribution in [2.75, 3.05) is 26.2 Å². The average Bonchev–Trinajstić information content (AvgIpc) is 3.04. The predicted octanol–water partition coefficient (Wildman–Crippen LogP) is 3.02. The van der Waals surface area contributed by atoms with Gasteiger partial charge in [-0.1, -0.05) is 30.3 Å². The number of likely N-dealkylation sites (tertiary alicyclic amines) is 1. The van der Waals surface area contributed by atoms with Crippen LogP contribution in [0.25, 0.3) is 0 Å². The van der Waals surface area contributed by atoms with Crippen molar-refractivity contribution in [2.45, 2.75) is 64.5 Å². The molecule has 0 unspecified atom stereocenters. The number of ether oxygens (including phenoxy) is 1. The molecule has 2 aromatic rings. The second-order valence-corrected chi connectivity index (χ2v) is 9.66. The molecule has 0 bridgehead atoms. The van der Waals surface area contributed by atoms with E-state index in [-0.39, 0.29) is 17.9 Å². The highest BCUT2D eigenvalue weighted by Gasteiger charge is 2.30. The highest BCUT2D eigenvalue weighted by molar-refractivity contribution is 5.78. The molecular formula is C24H33N5O3. The number of carbonyl (C=O) groups excluding carboxylic acids is 2. The van der Waals surface area contributed by atoms with Gasteiger partial charge in [0, 0.05) is 45.1 Å². The molecule has 0 saturated carbocycles. The van der Waals surface area contributed by atoms with Crippen LogP contribution in [0.15, 0.2) is 30.3 Å². The molecule has 1 aromatic heterocycles. The molecule has 2 aliphatic heterocycles. The van der Waals surface area contributed by atoms with Gasteiger partial charge in [0.25, 0.3) is 0 Å². The highest BCUT2D eigenvalue weighted by Crippen LogP contribution is 2.28. The summed E-state index contributed by atoms with van der Waals surface area (Å²) in [6, 6.07) is 9.90. The SMILES string of the molecule is CC(C)(C)OC(=O)N1CCc2nnc(C3CCN(C(=O)Cc4ccccc4)CC3)n2CC1. The Morgan fingerprint density at radius 2 is 1.69 bits per heavy atom. The van der Waals surface area contributed by atoms with Crippen molar-refractivity contribution in [2.24, 2.45) is 0 Å². The quantitative estimate of drug-likeness (QED) is 0.734. The maximum Gasteiger partial charge on any atom is 0.410 e. The first-order valence-corrected chi connectivity index (χ1v) is 11.5. The van der Waals surface area contributed by atoms with Crippen LogP contribution in [0.4, 0.5) is 4.79 Å². The van der Waals surface area contributed by atoms with Crippen LogP contribution in [-0.4, -0.2) is 68.3 Å². The third kappa shape index (κ3) is 5.29. The topological polar surface area (TPSA) is 80.6 Å². The molecule has 3 heterocycles. The lowest BCUT2D eigenvalue weighted by Gasteiger charge is -2.32. The van der Waals surface area contributed by atoms with Crippen LogP contribution in [-0.2, 0) is 28.9 Å². The molecule has 8 heteroatoms. The van der Waals surface area contributed by atoms with E-state index < -0.39 is 5.60 Å². The molecule has 32 heavy (non-hydrogen) atoms. The second kappa shape index (κ2) is 9.30. The van der Waals surface area contributed by atoms with Gasteiger partial charge < -0.3 is 19.1 Å². The van der Waals surface area contributed by atoms with Gasteiger partial charge in [-0.3, -0.25) is 4.79 Å². The summed E-state index contributed by atoms with van der Waals surface area (Å²) in [5, 5.41) is 8.93. The van der Waals surface area contributed by atoms with E-state index in [0.29, 0.717) is 32.5 Å². The number of hydrogen-bond acceptors (Lipinski definition) is 5. The Morgan fingerprint density at radius 1 is 0.969 bits per heavy atom. The van der Waals surface area contributed by atoms with Gasteiger partial charge in [0.2, 0.25) is 5.91 Å². The minimum absolute atomic E-state index is 0.183. The maximum atomic E-state index is 12.7. The molecule has 0 atom stereocenters. The summed E-state index contributed by atoms with van der Waals surface area (Å²) in [5.74, 6) is 2.38. The lowest BCUT2D eigenvalue weighted by Crippen LogP contribution is -2.39. The molecule has 0 aliphatic carbocycles. The average molecular weight is 440 g/mol. The summed E-state index contributed by atoms with van der Waals surface area (Å²) in [7, 11) is 0. The number of rotatable bonds is 3. The van der Waals surface area contributed by atoms with Crippen LogP contribution in [0.2, 0.25) is 0 Å². The maximum absolute atomic E-state index is 12.7. The zero-order valence-corrected chi connectivity index (χ0v) is 19.3. The molecule has 4 rings (SSSR count). The minimum Gasteiger partial charge on any atom is -0.444 e. The number of hydrogen-bond donors (Lipinski definition) is 0. The molecule has 8 nitrogen and oxygen atoms in total. The van der Waals surface area contributed by atoms with Crippen molar-refractivity contribution in [3.8, 4) is 0 Å². The van der Waals surface area contributed by atoms with Crippen LogP contribution in [0.3, 0.4) is 0 Å². The number of nitrogens with zero attached hydrogens (tertiary/aromatic N) is 5. The van der Waals surface area contributed by atoms with Gasteiger partial charge in [-0.25, -0.2) is 4.79 Å². The Balaban J connectivity index is 1.34. The van der Waals surface area contributed by atoms with Gasteiger partial charge in [-0.15, -0.1) is 10.2 Å². The molecule has 1 aromatic carbocycles. The Hall–Kier alpha value is -2.90. The van der Waals surface area contributed by atoms with Crippen molar-refractivity contribution in [3.05, 3.63) is 47.5 Å². The predicted molar refractivity (Wildman–Crippen MR) is 120 cm³/mol. The lowest BCUT2D eigenvalue weighted by molar-refractivity contribution is -0.131. The van der Waals surface area contributed by atoms with Gasteiger partial charge in [-0.2, -0.15) is 0 Å². The Bertz CT molecular complexity index is 942. The normalized spacial score (nSPS) is 17.6. The van der Waals surface area contributed by atoms with Crippen molar-refractivity contribution in [1.82, 2.24) is 24.6 Å². The van der Waals surface area contributed by atoms with Gasteiger partial charge in [0.05, 0.1) is 6.42 Å². The second-order valence-electron chi connectivity index (χ2n) is 9.66. The van der Waals surface area contributed by atoms with Gasteiger partial charge >= 0.3 is 6.09 Å². The van der Waals surface area contributed by atoms with E-state index >= 15 is 0 Å². The first-order valence-electron chi connectivity index (χ1n) is 11.5. The van der Waals surface area contributed by atoms with Crippen molar-refractivity contribution >= 4 is 12.0 Å². The fourth-order valence-corrected chi connectivity index (χ4v) is 4.43. The van der Waals surface area contributed by atoms with E-state index in [4.69, 9.17) is 4.74 Å². The largest absolute Gasteiger partial charge is 0.444 e. The fourth-order valence-electron chi connectivity index (χ4n) is 4.43. The van der Waals surface area contributed by atoms with Gasteiger partial charge in [-0.05, 0) is 39.2 Å². The molecular weight excluding hydrogens is 406 g/mol. The monoisotopic (exact) mass is 439 g/mol. The summed E-state index contributed by atoms with van der Waals surface area (Å²) in [4.78, 5) is 28.9. The number of benzene rings is 1. The van der Waals surface area contributed by atoms with Crippen LogP contribution in [0.1, 0.15) is 56.7 Å². The van der Waals surface area contributed by atoms with Crippen molar-refractivity contribution in [1.29, 1.82) is 0 Å². The van der Waals surface area contributed by atoms with Crippen molar-refractivity contribution < 1.29 is 14.3 Å². The summed E-state index contributed by atoms with van der Waals surface area (Å²) in [5.41, 5.74) is 0.548. The number of aromatic nitrogens is 3. The Morgan fingerprint density at radius 3 is 2.38 bits per heavy atom. The number of carbonyl (C=O) groups is 2. The van der Waals surface area contributed by atoms with Crippen LogP contribution in [0.5, 0.6) is 0 Å². The summed E-state index contributed by atoms with van der Waals surface area (Å²) in [6.07, 6.45) is 2.61. The van der Waals surface area contributed by atoms with Crippen molar-refractivity contribution in [3.63, 3.8) is 0 Å². The Labute approximate surface area is 189 Å². The summed E-state index contributed by atoms with van der Waals surface area (Å²) >= 11 is 0. The smallest absolute Gasteiger partial charge is 0.410 e. The van der Waals surface area contributed by atoms with E-state index in [9.17, 15) is 9.59 Å². The van der Waals surface area contributed by atoms with E-state index in [1.54, 1.807) is 4.90 Å². The highest BCUT2D eigenvalue weighted by atomic mass is 16.6. The zero-order chi connectivity index (χ0) is 22.7. The van der Waals surface area contributed by atoms with E-state index in [1.807, 2.05) is 56.0 Å². The zero-order valence-electron chi connectivity index (χ0n) is 19.3. The van der Waals surface area contributed by atoms with Crippen LogP contribution < -0.4 is 0 Å². The molecule has 2 amide bonds. The summed E-state index contributed by atoms with van der Waals surface area (Å²) in [6.45, 7) is 8.96. The molecule has 1 saturated heterocycles. The van der Waals surface area contributed by atoms with Gasteiger partial charge in [0.15, 0.2) is 0 Å². The lowest BCUT2D eigenvalue weighted by atomic mass is 9.95. The van der Waals surface area contributed by atoms with Crippen LogP contribution in [0, 0.1) is 0 Å². The van der Waals surface area contributed by atoms with E-state index in [2.05, 4.69) is 14.8 Å². The number of amides is 2. The number of fused-ring (bicyclic) bond motifs is 1. The molecule has 0 N–H and O–H groups in total. The first-order chi connectivity index (χ1) is 15.3. The number of piperidine rings is 1. The van der Waals surface area contributed by atoms with Gasteiger partial charge in [0.1, 0.15) is 17.2 Å². The van der Waals surface area contributed by atoms with E-state index in [1.165, 1.54) is 0 Å². The third-order valence-electron chi connectivity index (χ3n) is 6.12. The molecule has 0 radical (unpaired) electrons. The third-order valence-corrected chi connectivity index (χ3v) is 6.12. The van der Waals surface area contributed by atoms with E-state index in [0.717, 1.165) is 43.1 Å². The first kappa shape index (κ1) is 22.3. The molecule has 2 aliphatic rings. The fraction of sp³-hybridized carbons (Fsp3) is 0.583. The standard InChI is InChI=1S/C24H33N5O3/c1-24(2,3)32-23(31)28-14-11-20-25-26-22(29(20)16-15-28)19-9-12-27(13-10-19)21(30)17-18-7-5-4-6-8-18/h4-8,19H,9-17H2,1-3H3. The summed E-state index contributed by atoms with van der Waals surface area (Å²) < 4.78 is 7.71.